The maximum absolute atomic E-state index is 4.67. The summed E-state index contributed by atoms with van der Waals surface area (Å²) in [5.74, 6) is 0.627. The van der Waals surface area contributed by atoms with E-state index in [1.54, 1.807) is 0 Å². The fourth-order valence-electron chi connectivity index (χ4n) is 5.75. The first-order valence-corrected chi connectivity index (χ1v) is 12.5. The molecule has 0 heterocycles. The van der Waals surface area contributed by atoms with E-state index in [0.717, 1.165) is 37.7 Å². The number of fused-ring (bicyclic) bond motifs is 1. The summed E-state index contributed by atoms with van der Waals surface area (Å²) < 4.78 is 0. The normalized spacial score (nSPS) is 23.5. The number of benzene rings is 1. The minimum Gasteiger partial charge on any atom is -0.0958 e. The summed E-state index contributed by atoms with van der Waals surface area (Å²) in [6.45, 7) is 22.2. The van der Waals surface area contributed by atoms with Crippen LogP contribution in [-0.4, -0.2) is 0 Å². The molecular weight excluding hydrogens is 396 g/mol. The summed E-state index contributed by atoms with van der Waals surface area (Å²) >= 11 is 0. The molecule has 0 heteroatoms. The van der Waals surface area contributed by atoms with Gasteiger partial charge in [-0.1, -0.05) is 105 Å². The van der Waals surface area contributed by atoms with Crippen molar-refractivity contribution in [2.45, 2.75) is 65.7 Å². The lowest BCUT2D eigenvalue weighted by atomic mass is 9.69. The van der Waals surface area contributed by atoms with Crippen molar-refractivity contribution in [3.63, 3.8) is 0 Å². The minimum atomic E-state index is 0.301. The van der Waals surface area contributed by atoms with E-state index in [1.165, 1.54) is 55.7 Å². The Morgan fingerprint density at radius 3 is 2.36 bits per heavy atom. The summed E-state index contributed by atoms with van der Waals surface area (Å²) in [6, 6.07) is 9.28. The summed E-state index contributed by atoms with van der Waals surface area (Å²) in [6.07, 6.45) is 14.5. The maximum atomic E-state index is 4.67. The van der Waals surface area contributed by atoms with E-state index < -0.39 is 0 Å². The zero-order chi connectivity index (χ0) is 23.7. The van der Waals surface area contributed by atoms with Crippen LogP contribution in [0.4, 0.5) is 0 Å². The van der Waals surface area contributed by atoms with Crippen LogP contribution in [0, 0.1) is 5.92 Å². The molecule has 0 saturated heterocycles. The Bertz CT molecular complexity index is 1150. The first-order chi connectivity index (χ1) is 15.8. The van der Waals surface area contributed by atoms with Gasteiger partial charge in [0.25, 0.3) is 0 Å². The van der Waals surface area contributed by atoms with Gasteiger partial charge in [-0.05, 0) is 84.1 Å². The summed E-state index contributed by atoms with van der Waals surface area (Å²) in [4.78, 5) is 0. The second kappa shape index (κ2) is 9.56. The lowest BCUT2D eigenvalue weighted by molar-refractivity contribution is 0.619. The quantitative estimate of drug-likeness (QED) is 0.401. The fraction of sp³-hybridized carbons (Fsp3) is 0.333. The molecule has 1 aromatic rings. The Morgan fingerprint density at radius 2 is 1.76 bits per heavy atom. The SMILES string of the molecule is C=C(C)C1=CC=C(/C=C2\CC3=CC(C)=C(C(=C)CCC)C(c4ccc(CC)cc4)C3C2=C)C1. The highest BCUT2D eigenvalue weighted by Gasteiger charge is 2.40. The molecule has 3 aliphatic carbocycles. The summed E-state index contributed by atoms with van der Waals surface area (Å²) in [7, 11) is 0. The third-order valence-electron chi connectivity index (χ3n) is 7.53. The van der Waals surface area contributed by atoms with Gasteiger partial charge in [0.2, 0.25) is 0 Å². The van der Waals surface area contributed by atoms with E-state index in [1.807, 2.05) is 0 Å². The Balaban J connectivity index is 1.72. The van der Waals surface area contributed by atoms with E-state index in [9.17, 15) is 0 Å². The zero-order valence-electron chi connectivity index (χ0n) is 20.9. The van der Waals surface area contributed by atoms with Crippen molar-refractivity contribution in [2.75, 3.05) is 0 Å². The van der Waals surface area contributed by atoms with Crippen LogP contribution in [0.25, 0.3) is 0 Å². The van der Waals surface area contributed by atoms with Crippen molar-refractivity contribution in [1.82, 2.24) is 0 Å². The number of hydrogen-bond donors (Lipinski definition) is 0. The van der Waals surface area contributed by atoms with Crippen molar-refractivity contribution in [3.05, 3.63) is 130 Å². The smallest absolute Gasteiger partial charge is 0.0201 e. The third-order valence-corrected chi connectivity index (χ3v) is 7.53. The number of rotatable bonds is 7. The molecule has 0 aliphatic heterocycles. The predicted octanol–water partition coefficient (Wildman–Crippen LogP) is 9.28. The topological polar surface area (TPSA) is 0 Å². The molecule has 1 saturated carbocycles. The minimum absolute atomic E-state index is 0.301. The zero-order valence-corrected chi connectivity index (χ0v) is 20.9. The molecule has 2 atom stereocenters. The molecule has 0 N–H and O–H groups in total. The molecule has 0 aromatic heterocycles. The average Bonchev–Trinajstić information content (AvgIpc) is 3.38. The molecule has 1 aromatic carbocycles. The highest BCUT2D eigenvalue weighted by Crippen LogP contribution is 2.55. The molecule has 170 valence electrons. The molecular formula is C33H38. The highest BCUT2D eigenvalue weighted by molar-refractivity contribution is 5.62. The van der Waals surface area contributed by atoms with Gasteiger partial charge < -0.3 is 0 Å². The lowest BCUT2D eigenvalue weighted by Crippen LogP contribution is -2.21. The maximum Gasteiger partial charge on any atom is 0.0201 e. The van der Waals surface area contributed by atoms with Gasteiger partial charge in [-0.25, -0.2) is 0 Å². The van der Waals surface area contributed by atoms with Gasteiger partial charge in [-0.2, -0.15) is 0 Å². The third kappa shape index (κ3) is 4.49. The van der Waals surface area contributed by atoms with Crippen LogP contribution in [-0.2, 0) is 6.42 Å². The molecule has 3 aliphatic rings. The summed E-state index contributed by atoms with van der Waals surface area (Å²) in [5.41, 5.74) is 14.9. The van der Waals surface area contributed by atoms with E-state index >= 15 is 0 Å². The highest BCUT2D eigenvalue weighted by atomic mass is 14.4. The second-order valence-electron chi connectivity index (χ2n) is 9.98. The van der Waals surface area contributed by atoms with Crippen LogP contribution in [0.3, 0.4) is 0 Å². The molecule has 0 amide bonds. The Labute approximate surface area is 201 Å². The van der Waals surface area contributed by atoms with Crippen molar-refractivity contribution in [1.29, 1.82) is 0 Å². The Morgan fingerprint density at radius 1 is 1.03 bits per heavy atom. The molecule has 1 fully saturated rings. The van der Waals surface area contributed by atoms with Gasteiger partial charge in [-0.3, -0.25) is 0 Å². The fourth-order valence-corrected chi connectivity index (χ4v) is 5.75. The van der Waals surface area contributed by atoms with Crippen LogP contribution in [0.15, 0.2) is 118 Å². The second-order valence-corrected chi connectivity index (χ2v) is 9.98. The van der Waals surface area contributed by atoms with Gasteiger partial charge in [0.15, 0.2) is 0 Å². The molecule has 0 nitrogen and oxygen atoms in total. The van der Waals surface area contributed by atoms with Crippen molar-refractivity contribution in [2.24, 2.45) is 5.92 Å². The van der Waals surface area contributed by atoms with Crippen LogP contribution in [0.2, 0.25) is 0 Å². The Kier molecular flexibility index (Phi) is 6.75. The monoisotopic (exact) mass is 434 g/mol. The van der Waals surface area contributed by atoms with Crippen LogP contribution in [0.5, 0.6) is 0 Å². The van der Waals surface area contributed by atoms with Gasteiger partial charge in [0, 0.05) is 11.8 Å². The number of allylic oxidation sites excluding steroid dienone is 13. The van der Waals surface area contributed by atoms with Gasteiger partial charge in [0.05, 0.1) is 0 Å². The lowest BCUT2D eigenvalue weighted by Gasteiger charge is -2.34. The first-order valence-electron chi connectivity index (χ1n) is 12.5. The van der Waals surface area contributed by atoms with Crippen molar-refractivity contribution < 1.29 is 0 Å². The molecule has 0 spiro atoms. The van der Waals surface area contributed by atoms with Crippen LogP contribution in [0.1, 0.15) is 70.4 Å². The van der Waals surface area contributed by atoms with Crippen LogP contribution >= 0.6 is 0 Å². The predicted molar refractivity (Wildman–Crippen MR) is 144 cm³/mol. The van der Waals surface area contributed by atoms with Gasteiger partial charge in [-0.15, -0.1) is 0 Å². The van der Waals surface area contributed by atoms with E-state index in [4.69, 9.17) is 0 Å². The van der Waals surface area contributed by atoms with E-state index in [0.29, 0.717) is 11.8 Å². The van der Waals surface area contributed by atoms with E-state index in [-0.39, 0.29) is 0 Å². The van der Waals surface area contributed by atoms with Crippen LogP contribution < -0.4 is 0 Å². The molecule has 0 radical (unpaired) electrons. The molecule has 4 rings (SSSR count). The largest absolute Gasteiger partial charge is 0.0958 e. The molecule has 2 unspecified atom stereocenters. The van der Waals surface area contributed by atoms with Crippen molar-refractivity contribution >= 4 is 0 Å². The van der Waals surface area contributed by atoms with Gasteiger partial charge >= 0.3 is 0 Å². The molecule has 0 bridgehead atoms. The Hall–Kier alpha value is -2.86. The molecule has 33 heavy (non-hydrogen) atoms. The standard InChI is InChI=1S/C33H38/c1-8-10-22(5)31-23(6)17-30-20-29(19-26-13-16-28(18-26)21(3)4)24(7)32(30)33(31)27-14-11-25(9-2)12-15-27/h11-17,19,32-33H,3,5,7-10,18,20H2,1-2,4,6H3/b29-19+. The van der Waals surface area contributed by atoms with Gasteiger partial charge in [0.1, 0.15) is 0 Å². The number of aryl methyl sites for hydroxylation is 1. The summed E-state index contributed by atoms with van der Waals surface area (Å²) in [5, 5.41) is 0. The van der Waals surface area contributed by atoms with E-state index in [2.05, 4.69) is 96.0 Å². The van der Waals surface area contributed by atoms with Crippen molar-refractivity contribution in [3.8, 4) is 0 Å². The number of hydrogen-bond acceptors (Lipinski definition) is 0. The first kappa shape index (κ1) is 23.3. The average molecular weight is 435 g/mol.